The summed E-state index contributed by atoms with van der Waals surface area (Å²) in [5.41, 5.74) is 8.31. The van der Waals surface area contributed by atoms with E-state index >= 15 is 0 Å². The van der Waals surface area contributed by atoms with Gasteiger partial charge < -0.3 is 10.4 Å². The van der Waals surface area contributed by atoms with E-state index in [0.717, 1.165) is 51.8 Å². The summed E-state index contributed by atoms with van der Waals surface area (Å²) in [7, 11) is 0. The number of rotatable bonds is 5. The number of pyridine rings is 1. The van der Waals surface area contributed by atoms with Crippen molar-refractivity contribution in [2.24, 2.45) is 0 Å². The molecule has 3 aromatic carbocycles. The van der Waals surface area contributed by atoms with Crippen LogP contribution in [0.3, 0.4) is 0 Å². The summed E-state index contributed by atoms with van der Waals surface area (Å²) in [6, 6.07) is 27.5. The third-order valence-corrected chi connectivity index (χ3v) is 6.56. The number of hydrogen-bond donors (Lipinski definition) is 2. The van der Waals surface area contributed by atoms with E-state index in [4.69, 9.17) is 4.98 Å². The Kier molecular flexibility index (Phi) is 5.28. The molecule has 0 fully saturated rings. The zero-order chi connectivity index (χ0) is 22.1. The van der Waals surface area contributed by atoms with E-state index < -0.39 is 5.54 Å². The number of aryl methyl sites for hydroxylation is 1. The summed E-state index contributed by atoms with van der Waals surface area (Å²) in [4.78, 5) is 5.08. The molecule has 5 rings (SSSR count). The van der Waals surface area contributed by atoms with Crippen molar-refractivity contribution in [2.45, 2.75) is 32.2 Å². The smallest absolute Gasteiger partial charge is 0.0949 e. The van der Waals surface area contributed by atoms with Gasteiger partial charge in [0.05, 0.1) is 23.3 Å². The van der Waals surface area contributed by atoms with E-state index in [1.165, 1.54) is 11.1 Å². The zero-order valence-electron chi connectivity index (χ0n) is 18.6. The lowest BCUT2D eigenvalue weighted by atomic mass is 9.82. The highest BCUT2D eigenvalue weighted by molar-refractivity contribution is 6.06. The Bertz CT molecular complexity index is 1290. The number of aliphatic hydroxyl groups excluding tert-OH is 1. The molecule has 0 radical (unpaired) electrons. The molecular formula is C29H28N2O. The second kappa shape index (κ2) is 8.25. The Balaban J connectivity index is 1.83. The summed E-state index contributed by atoms with van der Waals surface area (Å²) in [5, 5.41) is 15.2. The molecule has 0 spiro atoms. The van der Waals surface area contributed by atoms with E-state index in [0.29, 0.717) is 0 Å². The standard InChI is InChI=1S/C29H28N2O/c1-3-22-17-25(20-11-7-5-8-12-20)23-15-16-24-26(21-13-9-6-10-14-21)18-29(4-2,19-32)31-28(24)27(23)30-22/h5-18,31-32H,3-4,19H2,1-2H3. The monoisotopic (exact) mass is 420 g/mol. The summed E-state index contributed by atoms with van der Waals surface area (Å²) >= 11 is 0. The second-order valence-corrected chi connectivity index (χ2v) is 8.48. The van der Waals surface area contributed by atoms with Gasteiger partial charge in [-0.1, -0.05) is 86.6 Å². The highest BCUT2D eigenvalue weighted by atomic mass is 16.3. The van der Waals surface area contributed by atoms with Gasteiger partial charge in [-0.05, 0) is 47.2 Å². The average molecular weight is 421 g/mol. The first kappa shape index (κ1) is 20.5. The van der Waals surface area contributed by atoms with Crippen molar-refractivity contribution in [3.8, 4) is 11.1 Å². The molecule has 3 nitrogen and oxygen atoms in total. The van der Waals surface area contributed by atoms with E-state index in [1.54, 1.807) is 0 Å². The molecule has 32 heavy (non-hydrogen) atoms. The highest BCUT2D eigenvalue weighted by Gasteiger charge is 2.33. The maximum atomic E-state index is 10.4. The molecule has 1 aromatic heterocycles. The van der Waals surface area contributed by atoms with Gasteiger partial charge >= 0.3 is 0 Å². The molecule has 3 heteroatoms. The van der Waals surface area contributed by atoms with Crippen LogP contribution in [-0.4, -0.2) is 22.2 Å². The Hall–Kier alpha value is -3.43. The van der Waals surface area contributed by atoms with Crippen molar-refractivity contribution >= 4 is 22.2 Å². The Morgan fingerprint density at radius 3 is 2.16 bits per heavy atom. The lowest BCUT2D eigenvalue weighted by molar-refractivity contribution is 0.236. The van der Waals surface area contributed by atoms with Crippen LogP contribution in [0.2, 0.25) is 0 Å². The van der Waals surface area contributed by atoms with Gasteiger partial charge in [-0.25, -0.2) is 0 Å². The number of hydrogen-bond acceptors (Lipinski definition) is 3. The number of benzene rings is 3. The van der Waals surface area contributed by atoms with E-state index in [1.807, 2.05) is 12.1 Å². The molecule has 0 aliphatic carbocycles. The molecule has 2 heterocycles. The lowest BCUT2D eigenvalue weighted by Crippen LogP contribution is -2.42. The van der Waals surface area contributed by atoms with Crippen LogP contribution < -0.4 is 5.32 Å². The van der Waals surface area contributed by atoms with Gasteiger partial charge in [0.2, 0.25) is 0 Å². The summed E-state index contributed by atoms with van der Waals surface area (Å²) < 4.78 is 0. The third kappa shape index (κ3) is 3.39. The van der Waals surface area contributed by atoms with Crippen molar-refractivity contribution in [3.63, 3.8) is 0 Å². The molecule has 0 amide bonds. The maximum Gasteiger partial charge on any atom is 0.0949 e. The van der Waals surface area contributed by atoms with Crippen LogP contribution in [-0.2, 0) is 6.42 Å². The fraction of sp³-hybridized carbons (Fsp3) is 0.207. The number of aromatic nitrogens is 1. The number of nitrogens with one attached hydrogen (secondary N) is 1. The van der Waals surface area contributed by atoms with E-state index in [-0.39, 0.29) is 6.61 Å². The van der Waals surface area contributed by atoms with Crippen molar-refractivity contribution in [2.75, 3.05) is 11.9 Å². The van der Waals surface area contributed by atoms with Crippen LogP contribution >= 0.6 is 0 Å². The number of aliphatic hydroxyl groups is 1. The van der Waals surface area contributed by atoms with Crippen LogP contribution in [0.5, 0.6) is 0 Å². The average Bonchev–Trinajstić information content (AvgIpc) is 2.88. The fourth-order valence-corrected chi connectivity index (χ4v) is 4.62. The van der Waals surface area contributed by atoms with Crippen LogP contribution in [0.4, 0.5) is 5.69 Å². The first-order valence-corrected chi connectivity index (χ1v) is 11.4. The quantitative estimate of drug-likeness (QED) is 0.389. The first-order chi connectivity index (χ1) is 15.7. The van der Waals surface area contributed by atoms with E-state index in [9.17, 15) is 5.11 Å². The Morgan fingerprint density at radius 1 is 0.844 bits per heavy atom. The molecule has 0 bridgehead atoms. The molecule has 1 aliphatic rings. The van der Waals surface area contributed by atoms with Gasteiger partial charge in [0.15, 0.2) is 0 Å². The number of anilines is 1. The lowest BCUT2D eigenvalue weighted by Gasteiger charge is -2.37. The van der Waals surface area contributed by atoms with E-state index in [2.05, 4.69) is 92.0 Å². The predicted molar refractivity (Wildman–Crippen MR) is 134 cm³/mol. The fourth-order valence-electron chi connectivity index (χ4n) is 4.62. The third-order valence-electron chi connectivity index (χ3n) is 6.56. The van der Waals surface area contributed by atoms with Gasteiger partial charge in [-0.15, -0.1) is 0 Å². The molecule has 4 aromatic rings. The minimum absolute atomic E-state index is 0.0225. The summed E-state index contributed by atoms with van der Waals surface area (Å²) in [5.74, 6) is 0. The largest absolute Gasteiger partial charge is 0.394 e. The first-order valence-electron chi connectivity index (χ1n) is 11.4. The Labute approximate surface area is 189 Å². The predicted octanol–water partition coefficient (Wildman–Crippen LogP) is 6.46. The maximum absolute atomic E-state index is 10.4. The molecule has 0 saturated carbocycles. The van der Waals surface area contributed by atoms with Gasteiger partial charge in [0.25, 0.3) is 0 Å². The van der Waals surface area contributed by atoms with Crippen molar-refractivity contribution in [3.05, 3.63) is 102 Å². The van der Waals surface area contributed by atoms with Crippen LogP contribution in [0, 0.1) is 0 Å². The van der Waals surface area contributed by atoms with Gasteiger partial charge in [0.1, 0.15) is 0 Å². The summed E-state index contributed by atoms with van der Waals surface area (Å²) in [6.45, 7) is 4.28. The van der Waals surface area contributed by atoms with Crippen LogP contribution in [0.15, 0.2) is 84.9 Å². The molecule has 1 atom stereocenters. The van der Waals surface area contributed by atoms with Gasteiger partial charge in [-0.2, -0.15) is 0 Å². The number of nitrogens with zero attached hydrogens (tertiary/aromatic N) is 1. The molecule has 0 saturated heterocycles. The molecule has 2 N–H and O–H groups in total. The SMILES string of the molecule is CCc1cc(-c2ccccc2)c2ccc3c(c2n1)NC(CC)(CO)C=C3c1ccccc1. The second-order valence-electron chi connectivity index (χ2n) is 8.48. The van der Waals surface area contributed by atoms with Gasteiger partial charge in [-0.3, -0.25) is 4.98 Å². The van der Waals surface area contributed by atoms with Crippen molar-refractivity contribution in [1.82, 2.24) is 4.98 Å². The minimum Gasteiger partial charge on any atom is -0.394 e. The highest BCUT2D eigenvalue weighted by Crippen LogP contribution is 2.43. The topological polar surface area (TPSA) is 45.2 Å². The Morgan fingerprint density at radius 2 is 1.53 bits per heavy atom. The molecule has 1 unspecified atom stereocenters. The molecule has 160 valence electrons. The summed E-state index contributed by atoms with van der Waals surface area (Å²) in [6.07, 6.45) is 3.83. The van der Waals surface area contributed by atoms with Crippen molar-refractivity contribution in [1.29, 1.82) is 0 Å². The molecular weight excluding hydrogens is 392 g/mol. The van der Waals surface area contributed by atoms with Crippen LogP contribution in [0.1, 0.15) is 37.1 Å². The van der Waals surface area contributed by atoms with Crippen LogP contribution in [0.25, 0.3) is 27.6 Å². The zero-order valence-corrected chi connectivity index (χ0v) is 18.6. The van der Waals surface area contributed by atoms with Gasteiger partial charge in [0, 0.05) is 16.6 Å². The minimum atomic E-state index is -0.525. The van der Waals surface area contributed by atoms with Crippen molar-refractivity contribution < 1.29 is 5.11 Å². The number of fused-ring (bicyclic) bond motifs is 3. The normalized spacial score (nSPS) is 17.5. The molecule has 1 aliphatic heterocycles.